The van der Waals surface area contributed by atoms with Crippen molar-refractivity contribution in [1.82, 2.24) is 10.2 Å². The fourth-order valence-electron chi connectivity index (χ4n) is 4.82. The molecule has 4 rings (SSSR count). The number of nitrogens with one attached hydrogen (secondary N) is 1. The van der Waals surface area contributed by atoms with Crippen molar-refractivity contribution in [3.8, 4) is 5.75 Å². The van der Waals surface area contributed by atoms with Gasteiger partial charge in [-0.15, -0.1) is 0 Å². The molecule has 0 aliphatic carbocycles. The molecule has 4 aromatic rings. The van der Waals surface area contributed by atoms with E-state index in [1.165, 1.54) is 24.1 Å². The van der Waals surface area contributed by atoms with E-state index in [1.54, 1.807) is 36.4 Å². The van der Waals surface area contributed by atoms with Crippen molar-refractivity contribution in [1.29, 1.82) is 0 Å². The molecule has 8 nitrogen and oxygen atoms in total. The summed E-state index contributed by atoms with van der Waals surface area (Å²) in [7, 11) is -2.69. The topological polar surface area (TPSA) is 96.0 Å². The molecule has 0 heterocycles. The highest BCUT2D eigenvalue weighted by atomic mass is 79.9. The van der Waals surface area contributed by atoms with Gasteiger partial charge < -0.3 is 15.0 Å². The maximum atomic E-state index is 14.5. The first-order chi connectivity index (χ1) is 21.6. The Bertz CT molecular complexity index is 1660. The van der Waals surface area contributed by atoms with Crippen LogP contribution in [0, 0.1) is 6.92 Å². The SMILES string of the molecule is CCCNC(=O)[C@H](Cc1ccccc1)N(Cc1ccc(Br)cc1)C(=O)CN(c1ccc(C)cc1)S(=O)(=O)c1ccc(OC)cc1. The van der Waals surface area contributed by atoms with Gasteiger partial charge in [0.2, 0.25) is 11.8 Å². The van der Waals surface area contributed by atoms with Gasteiger partial charge in [-0.05, 0) is 73.0 Å². The van der Waals surface area contributed by atoms with Crippen molar-refractivity contribution in [3.05, 3.63) is 124 Å². The number of carbonyl (C=O) groups excluding carboxylic acids is 2. The fourth-order valence-corrected chi connectivity index (χ4v) is 6.50. The van der Waals surface area contributed by atoms with E-state index in [2.05, 4.69) is 21.2 Å². The standard InChI is InChI=1S/C35H38BrN3O5S/c1-4-22-37-35(41)33(23-27-8-6-5-7-9-27)38(24-28-12-14-29(36)15-13-28)34(40)25-39(30-16-10-26(2)11-17-30)45(42,43)32-20-18-31(44-3)19-21-32/h5-21,33H,4,22-25H2,1-3H3,(H,37,41)/t33-/m0/s1. The second-order valence-corrected chi connectivity index (χ2v) is 13.4. The summed E-state index contributed by atoms with van der Waals surface area (Å²) >= 11 is 3.46. The van der Waals surface area contributed by atoms with Gasteiger partial charge in [-0.25, -0.2) is 8.42 Å². The minimum Gasteiger partial charge on any atom is -0.497 e. The summed E-state index contributed by atoms with van der Waals surface area (Å²) in [5.74, 6) is -0.302. The molecule has 0 fully saturated rings. The van der Waals surface area contributed by atoms with Crippen LogP contribution in [0.25, 0.3) is 0 Å². The average Bonchev–Trinajstić information content (AvgIpc) is 3.05. The Morgan fingerprint density at radius 3 is 2.11 bits per heavy atom. The van der Waals surface area contributed by atoms with Crippen molar-refractivity contribution in [3.63, 3.8) is 0 Å². The first-order valence-corrected chi connectivity index (χ1v) is 16.9. The van der Waals surface area contributed by atoms with Crippen molar-refractivity contribution < 1.29 is 22.7 Å². The largest absolute Gasteiger partial charge is 0.497 e. The van der Waals surface area contributed by atoms with E-state index in [1.807, 2.05) is 68.4 Å². The maximum Gasteiger partial charge on any atom is 0.264 e. The van der Waals surface area contributed by atoms with Crippen LogP contribution in [0.4, 0.5) is 5.69 Å². The van der Waals surface area contributed by atoms with Gasteiger partial charge in [0.1, 0.15) is 18.3 Å². The van der Waals surface area contributed by atoms with Gasteiger partial charge in [0.25, 0.3) is 10.0 Å². The van der Waals surface area contributed by atoms with Crippen LogP contribution in [0.2, 0.25) is 0 Å². The first-order valence-electron chi connectivity index (χ1n) is 14.7. The number of sulfonamides is 1. The number of amides is 2. The number of hydrogen-bond acceptors (Lipinski definition) is 5. The zero-order valence-corrected chi connectivity index (χ0v) is 28.1. The number of anilines is 1. The fraction of sp³-hybridized carbons (Fsp3) is 0.257. The van der Waals surface area contributed by atoms with Gasteiger partial charge in [-0.3, -0.25) is 13.9 Å². The minimum absolute atomic E-state index is 0.0117. The summed E-state index contributed by atoms with van der Waals surface area (Å²) in [5, 5.41) is 2.96. The Morgan fingerprint density at radius 2 is 1.51 bits per heavy atom. The third-order valence-electron chi connectivity index (χ3n) is 7.33. The van der Waals surface area contributed by atoms with Crippen molar-refractivity contribution >= 4 is 43.5 Å². The highest BCUT2D eigenvalue weighted by Gasteiger charge is 2.34. The Morgan fingerprint density at radius 1 is 0.867 bits per heavy atom. The van der Waals surface area contributed by atoms with Gasteiger partial charge in [0.05, 0.1) is 17.7 Å². The molecule has 0 unspecified atom stereocenters. The van der Waals surface area contributed by atoms with E-state index in [4.69, 9.17) is 4.74 Å². The van der Waals surface area contributed by atoms with Crippen LogP contribution >= 0.6 is 15.9 Å². The predicted octanol–water partition coefficient (Wildman–Crippen LogP) is 6.13. The average molecular weight is 693 g/mol. The van der Waals surface area contributed by atoms with E-state index in [0.29, 0.717) is 18.0 Å². The lowest BCUT2D eigenvalue weighted by molar-refractivity contribution is -0.140. The highest BCUT2D eigenvalue weighted by Crippen LogP contribution is 2.27. The number of aryl methyl sites for hydroxylation is 1. The monoisotopic (exact) mass is 691 g/mol. The van der Waals surface area contributed by atoms with Gasteiger partial charge in [-0.1, -0.05) is 83.0 Å². The number of ether oxygens (including phenoxy) is 1. The van der Waals surface area contributed by atoms with Crippen LogP contribution in [0.1, 0.15) is 30.0 Å². The summed E-state index contributed by atoms with van der Waals surface area (Å²) in [6.45, 7) is 3.90. The second-order valence-electron chi connectivity index (χ2n) is 10.7. The Balaban J connectivity index is 1.78. The van der Waals surface area contributed by atoms with Gasteiger partial charge in [0.15, 0.2) is 0 Å². The zero-order valence-electron chi connectivity index (χ0n) is 25.6. The molecule has 0 saturated carbocycles. The highest BCUT2D eigenvalue weighted by molar-refractivity contribution is 9.10. The van der Waals surface area contributed by atoms with E-state index in [9.17, 15) is 18.0 Å². The summed E-state index contributed by atoms with van der Waals surface area (Å²) in [5.41, 5.74) is 2.96. The number of methoxy groups -OCH3 is 1. The molecule has 0 aliphatic rings. The number of nitrogens with zero attached hydrogens (tertiary/aromatic N) is 2. The molecule has 2 amide bonds. The maximum absolute atomic E-state index is 14.5. The summed E-state index contributed by atoms with van der Waals surface area (Å²) < 4.78 is 35.5. The van der Waals surface area contributed by atoms with Crippen LogP contribution in [0.5, 0.6) is 5.75 Å². The van der Waals surface area contributed by atoms with E-state index in [-0.39, 0.29) is 23.8 Å². The predicted molar refractivity (Wildman–Crippen MR) is 181 cm³/mol. The molecule has 0 spiro atoms. The smallest absolute Gasteiger partial charge is 0.264 e. The molecule has 1 atom stereocenters. The summed E-state index contributed by atoms with van der Waals surface area (Å²) in [6.07, 6.45) is 0.986. The molecular weight excluding hydrogens is 654 g/mol. The lowest BCUT2D eigenvalue weighted by atomic mass is 10.0. The number of benzene rings is 4. The quantitative estimate of drug-likeness (QED) is 0.172. The molecular formula is C35H38BrN3O5S. The molecule has 0 aliphatic heterocycles. The van der Waals surface area contributed by atoms with Crippen LogP contribution in [0.15, 0.2) is 112 Å². The lowest BCUT2D eigenvalue weighted by Gasteiger charge is -2.34. The summed E-state index contributed by atoms with van der Waals surface area (Å²) in [4.78, 5) is 29.7. The number of halogens is 1. The Hall–Kier alpha value is -4.15. The third kappa shape index (κ3) is 8.95. The van der Waals surface area contributed by atoms with Gasteiger partial charge in [0, 0.05) is 24.0 Å². The molecule has 4 aromatic carbocycles. The number of rotatable bonds is 14. The van der Waals surface area contributed by atoms with Crippen LogP contribution in [0.3, 0.4) is 0 Å². The molecule has 0 radical (unpaired) electrons. The minimum atomic E-state index is -4.19. The summed E-state index contributed by atoms with van der Waals surface area (Å²) in [6, 6.07) is 29.1. The van der Waals surface area contributed by atoms with Gasteiger partial charge >= 0.3 is 0 Å². The van der Waals surface area contributed by atoms with Crippen LogP contribution < -0.4 is 14.4 Å². The Kier molecular flexibility index (Phi) is 11.8. The molecule has 0 aromatic heterocycles. The molecule has 1 N–H and O–H groups in total. The number of carbonyl (C=O) groups is 2. The van der Waals surface area contributed by atoms with Crippen molar-refractivity contribution in [2.24, 2.45) is 0 Å². The molecule has 0 bridgehead atoms. The lowest BCUT2D eigenvalue weighted by Crippen LogP contribution is -2.53. The molecule has 10 heteroatoms. The molecule has 0 saturated heterocycles. The second kappa shape index (κ2) is 15.7. The molecule has 45 heavy (non-hydrogen) atoms. The third-order valence-corrected chi connectivity index (χ3v) is 9.65. The molecule has 236 valence electrons. The Labute approximate surface area is 274 Å². The van der Waals surface area contributed by atoms with Crippen LogP contribution in [-0.4, -0.2) is 51.4 Å². The van der Waals surface area contributed by atoms with Crippen molar-refractivity contribution in [2.75, 3.05) is 24.5 Å². The van der Waals surface area contributed by atoms with Crippen molar-refractivity contribution in [2.45, 2.75) is 44.2 Å². The van der Waals surface area contributed by atoms with E-state index in [0.717, 1.165) is 31.9 Å². The van der Waals surface area contributed by atoms with E-state index < -0.39 is 28.5 Å². The van der Waals surface area contributed by atoms with E-state index >= 15 is 0 Å². The normalized spacial score (nSPS) is 11.8. The van der Waals surface area contributed by atoms with Crippen LogP contribution in [-0.2, 0) is 32.6 Å². The first kappa shape index (κ1) is 33.7. The van der Waals surface area contributed by atoms with Gasteiger partial charge in [-0.2, -0.15) is 0 Å². The zero-order chi connectivity index (χ0) is 32.4. The number of hydrogen-bond donors (Lipinski definition) is 1.